The zero-order chi connectivity index (χ0) is 11.1. The van der Waals surface area contributed by atoms with Crippen LogP contribution in [-0.4, -0.2) is 29.9 Å². The lowest BCUT2D eigenvalue weighted by molar-refractivity contribution is 0.199. The maximum Gasteiger partial charge on any atom is 0.240 e. The van der Waals surface area contributed by atoms with Gasteiger partial charge < -0.3 is 14.6 Å². The van der Waals surface area contributed by atoms with E-state index < -0.39 is 0 Å². The van der Waals surface area contributed by atoms with Crippen molar-refractivity contribution in [2.75, 3.05) is 13.7 Å². The lowest BCUT2D eigenvalue weighted by atomic mass is 10.3. The zero-order valence-electron chi connectivity index (χ0n) is 9.62. The third kappa shape index (κ3) is 4.40. The molecule has 1 unspecified atom stereocenters. The van der Waals surface area contributed by atoms with Crippen LogP contribution in [-0.2, 0) is 17.7 Å². The summed E-state index contributed by atoms with van der Waals surface area (Å²) in [5.74, 6) is 1.35. The Hall–Kier alpha value is -0.940. The Morgan fingerprint density at radius 3 is 3.00 bits per heavy atom. The van der Waals surface area contributed by atoms with Gasteiger partial charge >= 0.3 is 0 Å². The van der Waals surface area contributed by atoms with Crippen molar-refractivity contribution in [2.24, 2.45) is 0 Å². The van der Waals surface area contributed by atoms with Gasteiger partial charge in [0.15, 0.2) is 5.82 Å². The van der Waals surface area contributed by atoms with Gasteiger partial charge in [-0.25, -0.2) is 0 Å². The van der Waals surface area contributed by atoms with Crippen molar-refractivity contribution in [1.29, 1.82) is 0 Å². The number of rotatable bonds is 7. The molecule has 15 heavy (non-hydrogen) atoms. The Bertz CT molecular complexity index is 275. The molecule has 1 rings (SSSR count). The number of methoxy groups -OCH3 is 1. The summed E-state index contributed by atoms with van der Waals surface area (Å²) in [5.41, 5.74) is 0. The number of hydrogen-bond acceptors (Lipinski definition) is 5. The number of ether oxygens (including phenoxy) is 1. The fraction of sp³-hybridized carbons (Fsp3) is 0.800. The van der Waals surface area contributed by atoms with Gasteiger partial charge in [0.25, 0.3) is 0 Å². The van der Waals surface area contributed by atoms with Gasteiger partial charge in [0, 0.05) is 19.6 Å². The third-order valence-electron chi connectivity index (χ3n) is 2.25. The van der Waals surface area contributed by atoms with Gasteiger partial charge in [-0.15, -0.1) is 0 Å². The second-order valence-corrected chi connectivity index (χ2v) is 3.54. The second-order valence-electron chi connectivity index (χ2n) is 3.54. The second kappa shape index (κ2) is 6.53. The molecule has 1 heterocycles. The molecule has 0 amide bonds. The van der Waals surface area contributed by atoms with Crippen LogP contribution in [0.4, 0.5) is 0 Å². The molecule has 0 aliphatic rings. The molecule has 1 aromatic rings. The van der Waals surface area contributed by atoms with Gasteiger partial charge in [-0.3, -0.25) is 0 Å². The highest BCUT2D eigenvalue weighted by molar-refractivity contribution is 4.86. The van der Waals surface area contributed by atoms with Crippen molar-refractivity contribution < 1.29 is 9.26 Å². The van der Waals surface area contributed by atoms with Crippen LogP contribution in [0.1, 0.15) is 32.0 Å². The highest BCUT2D eigenvalue weighted by atomic mass is 16.5. The van der Waals surface area contributed by atoms with Crippen LogP contribution in [0.5, 0.6) is 0 Å². The van der Waals surface area contributed by atoms with E-state index in [4.69, 9.17) is 9.26 Å². The van der Waals surface area contributed by atoms with Gasteiger partial charge in [0.2, 0.25) is 5.89 Å². The Morgan fingerprint density at radius 1 is 1.53 bits per heavy atom. The predicted octanol–water partition coefficient (Wildman–Crippen LogP) is 1.15. The van der Waals surface area contributed by atoms with E-state index in [1.807, 2.05) is 0 Å². The van der Waals surface area contributed by atoms with Crippen molar-refractivity contribution in [3.63, 3.8) is 0 Å². The van der Waals surface area contributed by atoms with Gasteiger partial charge in [-0.1, -0.05) is 12.1 Å². The molecule has 0 spiro atoms. The van der Waals surface area contributed by atoms with Crippen molar-refractivity contribution in [3.05, 3.63) is 11.7 Å². The minimum absolute atomic E-state index is 0.472. The molecule has 0 radical (unpaired) electrons. The lowest BCUT2D eigenvalue weighted by Crippen LogP contribution is -2.24. The minimum Gasteiger partial charge on any atom is -0.384 e. The molecule has 0 bridgehead atoms. The van der Waals surface area contributed by atoms with Gasteiger partial charge in [0.05, 0.1) is 13.2 Å². The highest BCUT2D eigenvalue weighted by Crippen LogP contribution is 1.99. The van der Waals surface area contributed by atoms with Crippen LogP contribution in [0.25, 0.3) is 0 Å². The molecule has 0 aromatic carbocycles. The average molecular weight is 213 g/mol. The smallest absolute Gasteiger partial charge is 0.240 e. The fourth-order valence-electron chi connectivity index (χ4n) is 1.06. The van der Waals surface area contributed by atoms with Gasteiger partial charge in [-0.05, 0) is 13.3 Å². The first kappa shape index (κ1) is 12.1. The summed E-state index contributed by atoms with van der Waals surface area (Å²) in [6.45, 7) is 5.52. The highest BCUT2D eigenvalue weighted by Gasteiger charge is 2.06. The Morgan fingerprint density at radius 2 is 2.33 bits per heavy atom. The van der Waals surface area contributed by atoms with Crippen LogP contribution < -0.4 is 5.32 Å². The number of hydrogen-bond donors (Lipinski definition) is 1. The van der Waals surface area contributed by atoms with Crippen molar-refractivity contribution in [1.82, 2.24) is 15.5 Å². The van der Waals surface area contributed by atoms with E-state index >= 15 is 0 Å². The van der Waals surface area contributed by atoms with E-state index in [9.17, 15) is 0 Å². The van der Waals surface area contributed by atoms with Crippen LogP contribution in [0, 0.1) is 0 Å². The molecular formula is C10H19N3O2. The lowest BCUT2D eigenvalue weighted by Gasteiger charge is -2.07. The normalized spacial score (nSPS) is 13.0. The standard InChI is InChI=1S/C10H19N3O2/c1-4-8(2)11-7-10-12-9(13-15-10)5-6-14-3/h8,11H,4-7H2,1-3H3. The minimum atomic E-state index is 0.472. The molecule has 0 aliphatic heterocycles. The van der Waals surface area contributed by atoms with E-state index in [1.165, 1.54) is 0 Å². The zero-order valence-corrected chi connectivity index (χ0v) is 9.62. The monoisotopic (exact) mass is 213 g/mol. The first-order chi connectivity index (χ1) is 7.26. The van der Waals surface area contributed by atoms with Crippen molar-refractivity contribution in [2.45, 2.75) is 39.3 Å². The van der Waals surface area contributed by atoms with E-state index in [0.29, 0.717) is 37.3 Å². The Labute approximate surface area is 90.2 Å². The van der Waals surface area contributed by atoms with Crippen LogP contribution in [0.2, 0.25) is 0 Å². The van der Waals surface area contributed by atoms with Crippen LogP contribution >= 0.6 is 0 Å². The summed E-state index contributed by atoms with van der Waals surface area (Å²) in [5, 5.41) is 7.14. The maximum absolute atomic E-state index is 5.08. The summed E-state index contributed by atoms with van der Waals surface area (Å²) in [7, 11) is 1.66. The largest absolute Gasteiger partial charge is 0.384 e. The third-order valence-corrected chi connectivity index (χ3v) is 2.25. The molecule has 5 nitrogen and oxygen atoms in total. The topological polar surface area (TPSA) is 60.2 Å². The van der Waals surface area contributed by atoms with E-state index in [1.54, 1.807) is 7.11 Å². The van der Waals surface area contributed by atoms with Crippen LogP contribution in [0.3, 0.4) is 0 Å². The molecule has 0 fully saturated rings. The summed E-state index contributed by atoms with van der Waals surface area (Å²) < 4.78 is 10.0. The molecule has 0 saturated carbocycles. The van der Waals surface area contributed by atoms with E-state index in [-0.39, 0.29) is 0 Å². The number of nitrogens with one attached hydrogen (secondary N) is 1. The first-order valence-electron chi connectivity index (χ1n) is 5.30. The Kier molecular flexibility index (Phi) is 5.28. The summed E-state index contributed by atoms with van der Waals surface area (Å²) in [6.07, 6.45) is 1.79. The molecule has 5 heteroatoms. The number of nitrogens with zero attached hydrogens (tertiary/aromatic N) is 2. The van der Waals surface area contributed by atoms with E-state index in [2.05, 4.69) is 29.3 Å². The predicted molar refractivity (Wildman–Crippen MR) is 56.5 cm³/mol. The Balaban J connectivity index is 2.32. The van der Waals surface area contributed by atoms with E-state index in [0.717, 1.165) is 6.42 Å². The molecule has 1 atom stereocenters. The molecule has 0 aliphatic carbocycles. The number of aromatic nitrogens is 2. The molecular weight excluding hydrogens is 194 g/mol. The van der Waals surface area contributed by atoms with Crippen molar-refractivity contribution >= 4 is 0 Å². The molecule has 86 valence electrons. The van der Waals surface area contributed by atoms with Gasteiger partial charge in [0.1, 0.15) is 0 Å². The molecule has 1 aromatic heterocycles. The average Bonchev–Trinajstić information content (AvgIpc) is 2.71. The summed E-state index contributed by atoms with van der Waals surface area (Å²) >= 11 is 0. The summed E-state index contributed by atoms with van der Waals surface area (Å²) in [6, 6.07) is 0.472. The SMILES string of the molecule is CCC(C)NCc1nc(CCOC)no1. The quantitative estimate of drug-likeness (QED) is 0.736. The molecule has 0 saturated heterocycles. The summed E-state index contributed by atoms with van der Waals surface area (Å²) in [4.78, 5) is 4.23. The fourth-order valence-corrected chi connectivity index (χ4v) is 1.06. The molecule has 1 N–H and O–H groups in total. The van der Waals surface area contributed by atoms with Crippen molar-refractivity contribution in [3.8, 4) is 0 Å². The van der Waals surface area contributed by atoms with Crippen LogP contribution in [0.15, 0.2) is 4.52 Å². The first-order valence-corrected chi connectivity index (χ1v) is 5.30. The van der Waals surface area contributed by atoms with Gasteiger partial charge in [-0.2, -0.15) is 4.98 Å². The maximum atomic E-state index is 5.08.